The summed E-state index contributed by atoms with van der Waals surface area (Å²) in [6, 6.07) is 6.93. The number of amides is 1. The van der Waals surface area contributed by atoms with Crippen LogP contribution in [0.15, 0.2) is 18.2 Å². The Morgan fingerprint density at radius 3 is 2.24 bits per heavy atom. The zero-order chi connectivity index (χ0) is 21.2. The molecule has 146 valence electrons. The lowest BCUT2D eigenvalue weighted by molar-refractivity contribution is -0.125. The summed E-state index contributed by atoms with van der Waals surface area (Å²) in [5.41, 5.74) is -1.41. The molecule has 1 amide bonds. The van der Waals surface area contributed by atoms with E-state index >= 15 is 0 Å². The van der Waals surface area contributed by atoms with E-state index in [-0.39, 0.29) is 17.1 Å². The van der Waals surface area contributed by atoms with Gasteiger partial charge in [-0.25, -0.2) is 18.7 Å². The van der Waals surface area contributed by atoms with Gasteiger partial charge in [0.2, 0.25) is 5.91 Å². The summed E-state index contributed by atoms with van der Waals surface area (Å²) in [4.78, 5) is 22.3. The Balaban J connectivity index is 1.89. The summed E-state index contributed by atoms with van der Waals surface area (Å²) in [7, 11) is 0. The second kappa shape index (κ2) is 5.81. The van der Waals surface area contributed by atoms with Gasteiger partial charge in [0.05, 0.1) is 16.8 Å². The number of aromatic nitrogens is 2. The van der Waals surface area contributed by atoms with Crippen molar-refractivity contribution in [1.29, 1.82) is 10.5 Å². The summed E-state index contributed by atoms with van der Waals surface area (Å²) in [6.07, 6.45) is 1.11. The molecule has 8 heteroatoms. The predicted molar refractivity (Wildman–Crippen MR) is 98.5 cm³/mol. The van der Waals surface area contributed by atoms with Crippen LogP contribution in [-0.2, 0) is 15.6 Å². The van der Waals surface area contributed by atoms with Gasteiger partial charge in [-0.15, -0.1) is 0 Å². The van der Waals surface area contributed by atoms with Gasteiger partial charge in [0.25, 0.3) is 0 Å². The molecular formula is C21H17F2N5O. The van der Waals surface area contributed by atoms with E-state index in [2.05, 4.69) is 15.3 Å². The van der Waals surface area contributed by atoms with E-state index in [1.54, 1.807) is 0 Å². The second-order valence-corrected chi connectivity index (χ2v) is 8.29. The van der Waals surface area contributed by atoms with Crippen molar-refractivity contribution in [3.05, 3.63) is 52.6 Å². The predicted octanol–water partition coefficient (Wildman–Crippen LogP) is 3.47. The maximum atomic E-state index is 13.6. The maximum Gasteiger partial charge on any atom is 0.237 e. The highest BCUT2D eigenvalue weighted by atomic mass is 19.2. The Morgan fingerprint density at radius 2 is 1.66 bits per heavy atom. The Morgan fingerprint density at radius 1 is 1.03 bits per heavy atom. The van der Waals surface area contributed by atoms with Gasteiger partial charge >= 0.3 is 0 Å². The van der Waals surface area contributed by atoms with Crippen molar-refractivity contribution in [1.82, 2.24) is 9.97 Å². The number of rotatable bonds is 2. The van der Waals surface area contributed by atoms with Gasteiger partial charge in [-0.05, 0) is 30.4 Å². The third-order valence-electron chi connectivity index (χ3n) is 7.05. The van der Waals surface area contributed by atoms with Crippen LogP contribution in [0.3, 0.4) is 0 Å². The number of nitriles is 2. The Bertz CT molecular complexity index is 1160. The highest BCUT2D eigenvalue weighted by molar-refractivity contribution is 6.01. The van der Waals surface area contributed by atoms with E-state index < -0.39 is 33.8 Å². The fourth-order valence-corrected chi connectivity index (χ4v) is 4.95. The number of nitrogens with one attached hydrogen (secondary N) is 1. The minimum absolute atomic E-state index is 0.0630. The molecule has 1 aromatic carbocycles. The van der Waals surface area contributed by atoms with Crippen molar-refractivity contribution >= 4 is 11.6 Å². The molecule has 0 radical (unpaired) electrons. The number of hydrogen-bond acceptors (Lipinski definition) is 5. The first kappa shape index (κ1) is 18.9. The molecule has 0 unspecified atom stereocenters. The number of halogens is 2. The molecule has 4 rings (SSSR count). The number of carbonyl (C=O) groups is 1. The first-order valence-corrected chi connectivity index (χ1v) is 9.12. The molecule has 1 saturated carbocycles. The normalized spacial score (nSPS) is 25.8. The van der Waals surface area contributed by atoms with Crippen LogP contribution in [0.2, 0.25) is 0 Å². The first-order valence-electron chi connectivity index (χ1n) is 9.12. The van der Waals surface area contributed by atoms with E-state index in [1.165, 1.54) is 6.07 Å². The fraction of sp³-hybridized carbons (Fsp3) is 0.381. The first-order chi connectivity index (χ1) is 13.6. The van der Waals surface area contributed by atoms with Gasteiger partial charge in [-0.2, -0.15) is 10.5 Å². The molecule has 0 aliphatic heterocycles. The molecule has 0 spiro atoms. The fourth-order valence-electron chi connectivity index (χ4n) is 4.95. The van der Waals surface area contributed by atoms with Gasteiger partial charge in [-0.3, -0.25) is 4.79 Å². The summed E-state index contributed by atoms with van der Waals surface area (Å²) in [5, 5.41) is 21.4. The van der Waals surface area contributed by atoms with E-state index in [0.717, 1.165) is 12.1 Å². The highest BCUT2D eigenvalue weighted by Crippen LogP contribution is 2.70. The third-order valence-corrected chi connectivity index (χ3v) is 7.05. The van der Waals surface area contributed by atoms with Crippen LogP contribution in [-0.4, -0.2) is 15.9 Å². The number of carbonyl (C=O) groups excluding carboxylic acids is 1. The molecule has 2 aliphatic carbocycles. The molecule has 2 bridgehead atoms. The van der Waals surface area contributed by atoms with Crippen molar-refractivity contribution < 1.29 is 13.6 Å². The van der Waals surface area contributed by atoms with E-state index in [4.69, 9.17) is 0 Å². The molecule has 1 heterocycles. The Hall–Kier alpha value is -3.39. The van der Waals surface area contributed by atoms with Crippen molar-refractivity contribution in [3.63, 3.8) is 0 Å². The number of anilines is 1. The maximum absolute atomic E-state index is 13.6. The summed E-state index contributed by atoms with van der Waals surface area (Å²) in [5.74, 6) is -2.48. The number of benzene rings is 1. The van der Waals surface area contributed by atoms with Gasteiger partial charge in [0.15, 0.2) is 23.0 Å². The molecule has 1 aromatic heterocycles. The zero-order valence-electron chi connectivity index (χ0n) is 16.1. The van der Waals surface area contributed by atoms with Gasteiger partial charge < -0.3 is 5.32 Å². The van der Waals surface area contributed by atoms with Crippen LogP contribution >= 0.6 is 0 Å². The minimum atomic E-state index is -1.12. The molecule has 1 N–H and O–H groups in total. The van der Waals surface area contributed by atoms with Crippen LogP contribution < -0.4 is 5.32 Å². The van der Waals surface area contributed by atoms with Gasteiger partial charge in [0, 0.05) is 17.2 Å². The molecule has 2 atom stereocenters. The highest BCUT2D eigenvalue weighted by Gasteiger charge is 2.73. The Kier molecular flexibility index (Phi) is 3.79. The van der Waals surface area contributed by atoms with E-state index in [0.29, 0.717) is 24.2 Å². The second-order valence-electron chi connectivity index (χ2n) is 8.29. The SMILES string of the molecule is CC1(C)[C@]2(C)CC[C@@]1(C(=O)Nc1ccc(F)c(F)c1)c1nc(C#N)c(C#N)nc12. The lowest BCUT2D eigenvalue weighted by Gasteiger charge is -2.39. The topological polar surface area (TPSA) is 102 Å². The summed E-state index contributed by atoms with van der Waals surface area (Å²) < 4.78 is 26.9. The number of nitrogens with zero attached hydrogens (tertiary/aromatic N) is 4. The lowest BCUT2D eigenvalue weighted by atomic mass is 9.63. The molecular weight excluding hydrogens is 376 g/mol. The van der Waals surface area contributed by atoms with Crippen molar-refractivity contribution in [2.24, 2.45) is 5.41 Å². The number of hydrogen-bond donors (Lipinski definition) is 1. The van der Waals surface area contributed by atoms with Crippen LogP contribution in [0.4, 0.5) is 14.5 Å². The van der Waals surface area contributed by atoms with Crippen molar-refractivity contribution in [2.45, 2.75) is 44.4 Å². The smallest absolute Gasteiger partial charge is 0.237 e. The van der Waals surface area contributed by atoms with E-state index in [9.17, 15) is 24.1 Å². The van der Waals surface area contributed by atoms with Crippen LogP contribution in [0, 0.1) is 39.7 Å². The quantitative estimate of drug-likeness (QED) is 0.842. The van der Waals surface area contributed by atoms with Gasteiger partial charge in [-0.1, -0.05) is 20.8 Å². The molecule has 0 saturated heterocycles. The standard InChI is InChI=1S/C21H17F2N5O/c1-19(2)20(3)6-7-21(19,17-16(20)27-14(9-24)15(10-25)28-17)18(29)26-11-4-5-12(22)13(23)8-11/h4-5,8H,6-7H2,1-3H3,(H,26,29)/t20-,21+/m1/s1. The van der Waals surface area contributed by atoms with Crippen molar-refractivity contribution in [3.8, 4) is 12.1 Å². The average Bonchev–Trinajstić information content (AvgIpc) is 2.99. The van der Waals surface area contributed by atoms with Crippen molar-refractivity contribution in [2.75, 3.05) is 5.32 Å². The monoisotopic (exact) mass is 393 g/mol. The van der Waals surface area contributed by atoms with Crippen LogP contribution in [0.1, 0.15) is 56.4 Å². The molecule has 2 aliphatic rings. The molecule has 1 fully saturated rings. The molecule has 29 heavy (non-hydrogen) atoms. The lowest BCUT2D eigenvalue weighted by Crippen LogP contribution is -2.48. The summed E-state index contributed by atoms with van der Waals surface area (Å²) in [6.45, 7) is 5.85. The Labute approximate surface area is 166 Å². The summed E-state index contributed by atoms with van der Waals surface area (Å²) >= 11 is 0. The van der Waals surface area contributed by atoms with E-state index in [1.807, 2.05) is 32.9 Å². The van der Waals surface area contributed by atoms with Gasteiger partial charge in [0.1, 0.15) is 12.1 Å². The van der Waals surface area contributed by atoms with Crippen LogP contribution in [0.25, 0.3) is 0 Å². The zero-order valence-corrected chi connectivity index (χ0v) is 16.1. The minimum Gasteiger partial charge on any atom is -0.325 e. The third kappa shape index (κ3) is 2.14. The largest absolute Gasteiger partial charge is 0.325 e. The average molecular weight is 393 g/mol. The molecule has 6 nitrogen and oxygen atoms in total. The number of fused-ring (bicyclic) bond motifs is 5. The van der Waals surface area contributed by atoms with Crippen LogP contribution in [0.5, 0.6) is 0 Å². The molecule has 2 aromatic rings.